The minimum absolute atomic E-state index is 0.125. The van der Waals surface area contributed by atoms with Gasteiger partial charge in [0.2, 0.25) is 0 Å². The summed E-state index contributed by atoms with van der Waals surface area (Å²) < 4.78 is 11.6. The average Bonchev–Trinajstić information content (AvgIpc) is 2.95. The number of methoxy groups -OCH3 is 1. The van der Waals surface area contributed by atoms with Gasteiger partial charge in [0.15, 0.2) is 6.29 Å². The summed E-state index contributed by atoms with van der Waals surface area (Å²) in [5.41, 5.74) is 2.02. The second-order valence-corrected chi connectivity index (χ2v) is 4.88. The van der Waals surface area contributed by atoms with E-state index in [4.69, 9.17) is 9.47 Å². The lowest BCUT2D eigenvalue weighted by molar-refractivity contribution is -0.144. The zero-order chi connectivity index (χ0) is 13.1. The molecule has 19 heavy (non-hydrogen) atoms. The molecule has 98 valence electrons. The molecule has 1 unspecified atom stereocenters. The van der Waals surface area contributed by atoms with Gasteiger partial charge in [-0.3, -0.25) is 0 Å². The first-order valence-corrected chi connectivity index (χ1v) is 6.67. The molecule has 0 aliphatic carbocycles. The van der Waals surface area contributed by atoms with E-state index in [0.29, 0.717) is 0 Å². The molecule has 0 radical (unpaired) electrons. The molecular weight excluding hydrogens is 236 g/mol. The third kappa shape index (κ3) is 2.18. The van der Waals surface area contributed by atoms with Crippen LogP contribution in [0.15, 0.2) is 60.7 Å². The maximum absolute atomic E-state index is 6.25. The van der Waals surface area contributed by atoms with Gasteiger partial charge in [0.25, 0.3) is 0 Å². The molecule has 0 bridgehead atoms. The highest BCUT2D eigenvalue weighted by Gasteiger charge is 2.43. The van der Waals surface area contributed by atoms with Crippen LogP contribution in [0.25, 0.3) is 0 Å². The fraction of sp³-hybridized carbons (Fsp3) is 0.294. The Balaban J connectivity index is 2.07. The Morgan fingerprint density at radius 3 is 1.89 bits per heavy atom. The molecule has 0 saturated carbocycles. The van der Waals surface area contributed by atoms with Gasteiger partial charge < -0.3 is 9.47 Å². The molecule has 1 aliphatic rings. The Bertz CT molecular complexity index is 482. The highest BCUT2D eigenvalue weighted by Crippen LogP contribution is 2.44. The van der Waals surface area contributed by atoms with Crippen molar-refractivity contribution in [3.05, 3.63) is 71.8 Å². The van der Waals surface area contributed by atoms with Gasteiger partial charge in [0.05, 0.1) is 0 Å². The summed E-state index contributed by atoms with van der Waals surface area (Å²) in [6.45, 7) is 0. The van der Waals surface area contributed by atoms with Crippen LogP contribution in [-0.4, -0.2) is 13.4 Å². The van der Waals surface area contributed by atoms with Gasteiger partial charge in [-0.05, 0) is 17.5 Å². The Hall–Kier alpha value is -1.64. The zero-order valence-corrected chi connectivity index (χ0v) is 11.1. The van der Waals surface area contributed by atoms with E-state index in [2.05, 4.69) is 48.5 Å². The smallest absolute Gasteiger partial charge is 0.159 e. The Morgan fingerprint density at radius 2 is 1.47 bits per heavy atom. The van der Waals surface area contributed by atoms with E-state index in [9.17, 15) is 0 Å². The van der Waals surface area contributed by atoms with Gasteiger partial charge >= 0.3 is 0 Å². The van der Waals surface area contributed by atoms with E-state index in [-0.39, 0.29) is 11.9 Å². The summed E-state index contributed by atoms with van der Waals surface area (Å²) in [6.07, 6.45) is 1.74. The number of benzene rings is 2. The second kappa shape index (κ2) is 5.16. The van der Waals surface area contributed by atoms with Crippen molar-refractivity contribution < 1.29 is 9.47 Å². The predicted octanol–water partition coefficient (Wildman–Crippen LogP) is 3.71. The summed E-state index contributed by atoms with van der Waals surface area (Å²) in [4.78, 5) is 0. The lowest BCUT2D eigenvalue weighted by atomic mass is 9.84. The second-order valence-electron chi connectivity index (χ2n) is 4.88. The predicted molar refractivity (Wildman–Crippen MR) is 74.8 cm³/mol. The minimum Gasteiger partial charge on any atom is -0.356 e. The summed E-state index contributed by atoms with van der Waals surface area (Å²) in [6, 6.07) is 20.8. The van der Waals surface area contributed by atoms with Crippen LogP contribution in [0.5, 0.6) is 0 Å². The molecule has 0 aromatic heterocycles. The SMILES string of the molecule is COC1CCC(c2ccccc2)(c2ccccc2)O1. The monoisotopic (exact) mass is 254 g/mol. The molecule has 1 atom stereocenters. The van der Waals surface area contributed by atoms with Crippen LogP contribution < -0.4 is 0 Å². The largest absolute Gasteiger partial charge is 0.356 e. The molecule has 3 rings (SSSR count). The van der Waals surface area contributed by atoms with Gasteiger partial charge in [-0.1, -0.05) is 60.7 Å². The summed E-state index contributed by atoms with van der Waals surface area (Å²) in [5, 5.41) is 0. The molecule has 0 spiro atoms. The summed E-state index contributed by atoms with van der Waals surface area (Å²) >= 11 is 0. The molecule has 1 saturated heterocycles. The molecule has 0 amide bonds. The topological polar surface area (TPSA) is 18.5 Å². The lowest BCUT2D eigenvalue weighted by Gasteiger charge is -2.30. The molecular formula is C17H18O2. The molecule has 2 nitrogen and oxygen atoms in total. The Morgan fingerprint density at radius 1 is 0.947 bits per heavy atom. The normalized spacial score (nSPS) is 21.4. The van der Waals surface area contributed by atoms with Crippen molar-refractivity contribution in [2.75, 3.05) is 7.11 Å². The maximum Gasteiger partial charge on any atom is 0.159 e. The van der Waals surface area contributed by atoms with Gasteiger partial charge in [0, 0.05) is 13.5 Å². The van der Waals surface area contributed by atoms with E-state index in [1.54, 1.807) is 7.11 Å². The fourth-order valence-electron chi connectivity index (χ4n) is 2.84. The minimum atomic E-state index is -0.372. The maximum atomic E-state index is 6.25. The van der Waals surface area contributed by atoms with E-state index in [1.807, 2.05) is 12.1 Å². The first-order valence-electron chi connectivity index (χ1n) is 6.67. The van der Waals surface area contributed by atoms with Crippen LogP contribution >= 0.6 is 0 Å². The van der Waals surface area contributed by atoms with Gasteiger partial charge in [-0.25, -0.2) is 0 Å². The molecule has 2 aromatic carbocycles. The average molecular weight is 254 g/mol. The van der Waals surface area contributed by atoms with Crippen molar-refractivity contribution in [2.24, 2.45) is 0 Å². The zero-order valence-electron chi connectivity index (χ0n) is 11.1. The first-order chi connectivity index (χ1) is 9.35. The van der Waals surface area contributed by atoms with Gasteiger partial charge in [-0.15, -0.1) is 0 Å². The van der Waals surface area contributed by atoms with Crippen molar-refractivity contribution in [1.82, 2.24) is 0 Å². The number of hydrogen-bond acceptors (Lipinski definition) is 2. The molecule has 0 N–H and O–H groups in total. The standard InChI is InChI=1S/C17H18O2/c1-18-16-12-13-17(19-16,14-8-4-2-5-9-14)15-10-6-3-7-11-15/h2-11,16H,12-13H2,1H3. The highest BCUT2D eigenvalue weighted by molar-refractivity contribution is 5.37. The lowest BCUT2D eigenvalue weighted by Crippen LogP contribution is -2.28. The summed E-state index contributed by atoms with van der Waals surface area (Å²) in [5.74, 6) is 0. The molecule has 1 fully saturated rings. The van der Waals surface area contributed by atoms with E-state index >= 15 is 0 Å². The number of ether oxygens (including phenoxy) is 2. The summed E-state index contributed by atoms with van der Waals surface area (Å²) in [7, 11) is 1.71. The molecule has 2 aromatic rings. The van der Waals surface area contributed by atoms with Crippen molar-refractivity contribution in [3.63, 3.8) is 0 Å². The van der Waals surface area contributed by atoms with E-state index in [0.717, 1.165) is 12.8 Å². The van der Waals surface area contributed by atoms with Gasteiger partial charge in [0.1, 0.15) is 5.60 Å². The van der Waals surface area contributed by atoms with Crippen LogP contribution in [-0.2, 0) is 15.1 Å². The highest BCUT2D eigenvalue weighted by atomic mass is 16.7. The quantitative estimate of drug-likeness (QED) is 0.831. The Kier molecular flexibility index (Phi) is 3.36. The van der Waals surface area contributed by atoms with Crippen molar-refractivity contribution in [3.8, 4) is 0 Å². The van der Waals surface area contributed by atoms with Crippen LogP contribution in [0.2, 0.25) is 0 Å². The van der Waals surface area contributed by atoms with Gasteiger partial charge in [-0.2, -0.15) is 0 Å². The molecule has 1 heterocycles. The van der Waals surface area contributed by atoms with Crippen LogP contribution in [0.1, 0.15) is 24.0 Å². The van der Waals surface area contributed by atoms with E-state index < -0.39 is 0 Å². The first kappa shape index (κ1) is 12.4. The van der Waals surface area contributed by atoms with E-state index in [1.165, 1.54) is 11.1 Å². The fourth-order valence-corrected chi connectivity index (χ4v) is 2.84. The van der Waals surface area contributed by atoms with Crippen molar-refractivity contribution in [1.29, 1.82) is 0 Å². The number of rotatable bonds is 3. The third-order valence-electron chi connectivity index (χ3n) is 3.81. The van der Waals surface area contributed by atoms with Crippen molar-refractivity contribution >= 4 is 0 Å². The van der Waals surface area contributed by atoms with Crippen LogP contribution in [0.3, 0.4) is 0 Å². The Labute approximate surface area is 114 Å². The number of hydrogen-bond donors (Lipinski definition) is 0. The van der Waals surface area contributed by atoms with Crippen LogP contribution in [0.4, 0.5) is 0 Å². The molecule has 2 heteroatoms. The van der Waals surface area contributed by atoms with Crippen LogP contribution in [0, 0.1) is 0 Å². The third-order valence-corrected chi connectivity index (χ3v) is 3.81. The molecule has 1 aliphatic heterocycles. The van der Waals surface area contributed by atoms with Crippen molar-refractivity contribution in [2.45, 2.75) is 24.7 Å².